The Balaban J connectivity index is 1.63. The van der Waals surface area contributed by atoms with Crippen molar-refractivity contribution in [2.45, 2.75) is 47.1 Å². The average molecular weight is 768 g/mol. The summed E-state index contributed by atoms with van der Waals surface area (Å²) in [7, 11) is 0. The van der Waals surface area contributed by atoms with Gasteiger partial charge >= 0.3 is 0 Å². The lowest BCUT2D eigenvalue weighted by atomic mass is 9.96. The average Bonchev–Trinajstić information content (AvgIpc) is 3.03. The minimum Gasteiger partial charge on any atom is -0.494 e. The smallest absolute Gasteiger partial charge is 0.282 e. The molecule has 0 N–H and O–H groups in total. The molecule has 1 aromatic heterocycles. The van der Waals surface area contributed by atoms with E-state index in [-0.39, 0.29) is 11.5 Å². The van der Waals surface area contributed by atoms with Gasteiger partial charge in [0, 0.05) is 20.1 Å². The molecule has 0 amide bonds. The Morgan fingerprint density at radius 3 is 2.35 bits per heavy atom. The third kappa shape index (κ3) is 7.17. The third-order valence-electron chi connectivity index (χ3n) is 7.34. The minimum atomic E-state index is -0.294. The molecular formula is C36H34Br2ClN3O4. The van der Waals surface area contributed by atoms with E-state index < -0.39 is 0 Å². The van der Waals surface area contributed by atoms with Crippen molar-refractivity contribution in [3.63, 3.8) is 0 Å². The Bertz CT molecular complexity index is 1970. The van der Waals surface area contributed by atoms with Crippen LogP contribution >= 0.6 is 43.5 Å². The first-order chi connectivity index (χ1) is 22.1. The SMILES string of the molecule is CCOc1cc(C)c(-c2nc3ccccc3c(=O)n2N=Cc2cc(OCC)c(OCc3ccc(Br)cc3)c(Cl)c2Br)cc1C(C)C. The van der Waals surface area contributed by atoms with E-state index in [2.05, 4.69) is 45.7 Å². The van der Waals surface area contributed by atoms with Crippen molar-refractivity contribution in [2.75, 3.05) is 13.2 Å². The number of ether oxygens (including phenoxy) is 3. The van der Waals surface area contributed by atoms with E-state index in [4.69, 9.17) is 35.9 Å². The molecule has 0 bridgehead atoms. The molecule has 5 rings (SSSR count). The number of para-hydroxylation sites is 1. The van der Waals surface area contributed by atoms with Crippen LogP contribution in [0.2, 0.25) is 5.02 Å². The van der Waals surface area contributed by atoms with E-state index in [9.17, 15) is 4.79 Å². The summed E-state index contributed by atoms with van der Waals surface area (Å²) in [6.45, 7) is 11.3. The van der Waals surface area contributed by atoms with E-state index in [1.54, 1.807) is 18.3 Å². The Kier molecular flexibility index (Phi) is 10.9. The number of hydrogen-bond donors (Lipinski definition) is 0. The third-order valence-corrected chi connectivity index (χ3v) is 9.31. The molecule has 0 spiro atoms. The van der Waals surface area contributed by atoms with Gasteiger partial charge in [-0.2, -0.15) is 9.78 Å². The maximum absolute atomic E-state index is 14.0. The van der Waals surface area contributed by atoms with Crippen molar-refractivity contribution < 1.29 is 14.2 Å². The molecule has 1 heterocycles. The van der Waals surface area contributed by atoms with Gasteiger partial charge in [0.05, 0.1) is 30.3 Å². The fourth-order valence-corrected chi connectivity index (χ4v) is 5.95. The molecule has 0 saturated carbocycles. The minimum absolute atomic E-state index is 0.185. The Morgan fingerprint density at radius 1 is 0.957 bits per heavy atom. The van der Waals surface area contributed by atoms with Gasteiger partial charge in [-0.25, -0.2) is 4.98 Å². The molecule has 7 nitrogen and oxygen atoms in total. The van der Waals surface area contributed by atoms with Gasteiger partial charge in [-0.3, -0.25) is 4.79 Å². The first kappa shape index (κ1) is 33.7. The zero-order valence-electron chi connectivity index (χ0n) is 26.2. The van der Waals surface area contributed by atoms with Crippen molar-refractivity contribution in [1.29, 1.82) is 0 Å². The maximum Gasteiger partial charge on any atom is 0.282 e. The number of aryl methyl sites for hydroxylation is 1. The highest BCUT2D eigenvalue weighted by atomic mass is 79.9. The van der Waals surface area contributed by atoms with Crippen LogP contribution in [0, 0.1) is 6.92 Å². The van der Waals surface area contributed by atoms with E-state index in [0.29, 0.717) is 63.1 Å². The van der Waals surface area contributed by atoms with Crippen molar-refractivity contribution in [2.24, 2.45) is 5.10 Å². The summed E-state index contributed by atoms with van der Waals surface area (Å²) in [5, 5.41) is 5.50. The van der Waals surface area contributed by atoms with Crippen LogP contribution in [0.25, 0.3) is 22.3 Å². The Hall–Kier alpha value is -3.66. The van der Waals surface area contributed by atoms with Gasteiger partial charge in [-0.15, -0.1) is 0 Å². The van der Waals surface area contributed by atoms with Gasteiger partial charge in [0.2, 0.25) is 0 Å². The number of benzene rings is 4. The van der Waals surface area contributed by atoms with Gasteiger partial charge in [-0.1, -0.05) is 65.6 Å². The molecule has 238 valence electrons. The van der Waals surface area contributed by atoms with Gasteiger partial charge in [0.15, 0.2) is 17.3 Å². The number of hydrogen-bond acceptors (Lipinski definition) is 6. The number of rotatable bonds is 11. The lowest BCUT2D eigenvalue weighted by Gasteiger charge is -2.18. The predicted molar refractivity (Wildman–Crippen MR) is 193 cm³/mol. The first-order valence-electron chi connectivity index (χ1n) is 15.0. The van der Waals surface area contributed by atoms with Crippen LogP contribution in [0.4, 0.5) is 0 Å². The molecule has 0 aliphatic rings. The van der Waals surface area contributed by atoms with Crippen molar-refractivity contribution >= 4 is 60.6 Å². The summed E-state index contributed by atoms with van der Waals surface area (Å²) < 4.78 is 20.9. The summed E-state index contributed by atoms with van der Waals surface area (Å²) >= 11 is 13.9. The summed E-state index contributed by atoms with van der Waals surface area (Å²) in [6, 6.07) is 21.0. The normalized spacial score (nSPS) is 11.5. The zero-order chi connectivity index (χ0) is 33.0. The number of aromatic nitrogens is 2. The molecule has 0 unspecified atom stereocenters. The van der Waals surface area contributed by atoms with Crippen LogP contribution in [0.15, 0.2) is 85.6 Å². The molecule has 5 aromatic rings. The molecule has 4 aromatic carbocycles. The molecular weight excluding hydrogens is 734 g/mol. The standard InChI is InChI=1S/C36H34Br2ClN3O4/c1-6-44-30-16-22(5)28(18-27(30)21(3)4)35-41-29-11-9-8-10-26(29)36(43)42(35)40-19-24-17-31(45-7-2)34(33(39)32(24)38)46-20-23-12-14-25(37)15-13-23/h8-19,21H,6-7,20H2,1-5H3. The topological polar surface area (TPSA) is 74.9 Å². The fourth-order valence-electron chi connectivity index (χ4n) is 5.03. The van der Waals surface area contributed by atoms with Crippen molar-refractivity contribution in [1.82, 2.24) is 9.66 Å². The second kappa shape index (κ2) is 14.8. The second-order valence-electron chi connectivity index (χ2n) is 10.9. The lowest BCUT2D eigenvalue weighted by Crippen LogP contribution is -2.21. The molecule has 0 fully saturated rings. The highest BCUT2D eigenvalue weighted by Crippen LogP contribution is 2.43. The van der Waals surface area contributed by atoms with Crippen LogP contribution in [-0.4, -0.2) is 29.1 Å². The van der Waals surface area contributed by atoms with E-state index >= 15 is 0 Å². The Labute approximate surface area is 290 Å². The van der Waals surface area contributed by atoms with E-state index in [1.807, 2.05) is 75.4 Å². The molecule has 0 saturated heterocycles. The Morgan fingerprint density at radius 2 is 1.65 bits per heavy atom. The zero-order valence-corrected chi connectivity index (χ0v) is 30.2. The monoisotopic (exact) mass is 765 g/mol. The summed E-state index contributed by atoms with van der Waals surface area (Å²) in [5.41, 5.74) is 4.59. The summed E-state index contributed by atoms with van der Waals surface area (Å²) in [6.07, 6.45) is 1.57. The number of fused-ring (bicyclic) bond motifs is 1. The quantitative estimate of drug-likeness (QED) is 0.125. The van der Waals surface area contributed by atoms with Gasteiger partial charge in [-0.05, 0) is 102 Å². The van der Waals surface area contributed by atoms with Crippen LogP contribution in [0.1, 0.15) is 55.9 Å². The van der Waals surface area contributed by atoms with Crippen LogP contribution < -0.4 is 19.8 Å². The molecule has 46 heavy (non-hydrogen) atoms. The van der Waals surface area contributed by atoms with E-state index in [1.165, 1.54) is 4.68 Å². The highest BCUT2D eigenvalue weighted by Gasteiger charge is 2.20. The highest BCUT2D eigenvalue weighted by molar-refractivity contribution is 9.10. The molecule has 10 heteroatoms. The van der Waals surface area contributed by atoms with Gasteiger partial charge < -0.3 is 14.2 Å². The fraction of sp³-hybridized carbons (Fsp3) is 0.250. The first-order valence-corrected chi connectivity index (χ1v) is 16.9. The lowest BCUT2D eigenvalue weighted by molar-refractivity contribution is 0.269. The van der Waals surface area contributed by atoms with Crippen LogP contribution in [0.5, 0.6) is 17.2 Å². The van der Waals surface area contributed by atoms with Crippen LogP contribution in [0.3, 0.4) is 0 Å². The van der Waals surface area contributed by atoms with E-state index in [0.717, 1.165) is 32.5 Å². The summed E-state index contributed by atoms with van der Waals surface area (Å²) in [4.78, 5) is 18.9. The van der Waals surface area contributed by atoms with Gasteiger partial charge in [0.25, 0.3) is 5.56 Å². The molecule has 0 radical (unpaired) electrons. The molecule has 0 aliphatic carbocycles. The predicted octanol–water partition coefficient (Wildman–Crippen LogP) is 9.93. The van der Waals surface area contributed by atoms with Crippen LogP contribution in [-0.2, 0) is 6.61 Å². The second-order valence-corrected chi connectivity index (χ2v) is 13.0. The maximum atomic E-state index is 14.0. The van der Waals surface area contributed by atoms with Gasteiger partial charge in [0.1, 0.15) is 17.4 Å². The number of nitrogens with zero attached hydrogens (tertiary/aromatic N) is 3. The van der Waals surface area contributed by atoms with Crippen molar-refractivity contribution in [3.05, 3.63) is 113 Å². The van der Waals surface area contributed by atoms with Crippen molar-refractivity contribution in [3.8, 4) is 28.6 Å². The largest absolute Gasteiger partial charge is 0.494 e. The molecule has 0 atom stereocenters. The summed E-state index contributed by atoms with van der Waals surface area (Å²) in [5.74, 6) is 2.30. The molecule has 0 aliphatic heterocycles. The number of halogens is 3.